The van der Waals surface area contributed by atoms with Crippen LogP contribution in [0.3, 0.4) is 0 Å². The lowest BCUT2D eigenvalue weighted by Crippen LogP contribution is -2.41. The smallest absolute Gasteiger partial charge is 0.244 e. The van der Waals surface area contributed by atoms with Gasteiger partial charge in [-0.15, -0.1) is 0 Å². The van der Waals surface area contributed by atoms with Crippen molar-refractivity contribution in [3.63, 3.8) is 0 Å². The Morgan fingerprint density at radius 1 is 1.23 bits per heavy atom. The minimum Gasteiger partial charge on any atom is -0.495 e. The number of nitrogens with zero attached hydrogens (tertiary/aromatic N) is 2. The van der Waals surface area contributed by atoms with E-state index in [9.17, 15) is 9.59 Å². The van der Waals surface area contributed by atoms with Gasteiger partial charge in [-0.05, 0) is 37.5 Å². The summed E-state index contributed by atoms with van der Waals surface area (Å²) in [5.41, 5.74) is 2.66. The van der Waals surface area contributed by atoms with E-state index in [0.29, 0.717) is 33.6 Å². The molecule has 0 spiro atoms. The zero-order chi connectivity index (χ0) is 21.3. The van der Waals surface area contributed by atoms with Gasteiger partial charge in [-0.25, -0.2) is 0 Å². The lowest BCUT2D eigenvalue weighted by atomic mass is 10.1. The van der Waals surface area contributed by atoms with E-state index >= 15 is 0 Å². The number of benzene rings is 2. The SMILES string of the molecule is COc1cc(OC)c(NC(=O)CN2C(=O)[C@H]3CCCC3=Nc3ccccc32)cc1Cl. The fourth-order valence-electron chi connectivity index (χ4n) is 3.93. The quantitative estimate of drug-likeness (QED) is 0.774. The van der Waals surface area contributed by atoms with Crippen molar-refractivity contribution in [1.82, 2.24) is 0 Å². The monoisotopic (exact) mass is 427 g/mol. The first-order valence-corrected chi connectivity index (χ1v) is 10.1. The van der Waals surface area contributed by atoms with Gasteiger partial charge in [0.2, 0.25) is 11.8 Å². The second-order valence-corrected chi connectivity index (χ2v) is 7.60. The average molecular weight is 428 g/mol. The summed E-state index contributed by atoms with van der Waals surface area (Å²) in [7, 11) is 2.99. The number of rotatable bonds is 5. The molecule has 2 aromatic rings. The Bertz CT molecular complexity index is 1040. The highest BCUT2D eigenvalue weighted by atomic mass is 35.5. The summed E-state index contributed by atoms with van der Waals surface area (Å²) in [5, 5.41) is 3.14. The van der Waals surface area contributed by atoms with E-state index in [0.717, 1.165) is 25.0 Å². The lowest BCUT2D eigenvalue weighted by Gasteiger charge is -2.24. The number of halogens is 1. The number of nitrogens with one attached hydrogen (secondary N) is 1. The first kappa shape index (κ1) is 20.2. The van der Waals surface area contributed by atoms with E-state index < -0.39 is 0 Å². The molecule has 0 saturated heterocycles. The maximum Gasteiger partial charge on any atom is 0.244 e. The summed E-state index contributed by atoms with van der Waals surface area (Å²) in [6.45, 7) is -0.137. The molecule has 0 unspecified atom stereocenters. The molecule has 0 aromatic heterocycles. The molecule has 1 N–H and O–H groups in total. The summed E-state index contributed by atoms with van der Waals surface area (Å²) in [6, 6.07) is 10.6. The maximum atomic E-state index is 13.2. The molecule has 1 fully saturated rings. The molecule has 2 aromatic carbocycles. The van der Waals surface area contributed by atoms with Crippen molar-refractivity contribution in [2.24, 2.45) is 10.9 Å². The van der Waals surface area contributed by atoms with Crippen LogP contribution in [-0.4, -0.2) is 38.3 Å². The van der Waals surface area contributed by atoms with Gasteiger partial charge in [0.05, 0.1) is 42.2 Å². The number of amides is 2. The van der Waals surface area contributed by atoms with Crippen LogP contribution >= 0.6 is 11.6 Å². The van der Waals surface area contributed by atoms with Crippen molar-refractivity contribution in [2.75, 3.05) is 31.0 Å². The van der Waals surface area contributed by atoms with E-state index in [4.69, 9.17) is 26.1 Å². The molecule has 8 heteroatoms. The van der Waals surface area contributed by atoms with Crippen molar-refractivity contribution < 1.29 is 19.1 Å². The predicted octanol–water partition coefficient (Wildman–Crippen LogP) is 4.22. The standard InChI is InChI=1S/C22H22ClN3O4/c1-29-19-11-20(30-2)17(10-14(19)23)25-21(27)12-26-18-9-4-3-7-16(18)24-15-8-5-6-13(15)22(26)28/h3-4,7,9-11,13H,5-6,8,12H2,1-2H3,(H,25,27)/t13-/m0/s1. The van der Waals surface area contributed by atoms with Gasteiger partial charge in [0.25, 0.3) is 0 Å². The van der Waals surface area contributed by atoms with Gasteiger partial charge in [0.15, 0.2) is 0 Å². The van der Waals surface area contributed by atoms with Crippen LogP contribution in [0.2, 0.25) is 5.02 Å². The first-order valence-electron chi connectivity index (χ1n) is 9.71. The van der Waals surface area contributed by atoms with Crippen LogP contribution in [0, 0.1) is 5.92 Å². The Labute approximate surface area is 179 Å². The molecule has 0 radical (unpaired) electrons. The Balaban J connectivity index is 1.60. The van der Waals surface area contributed by atoms with Gasteiger partial charge in [-0.2, -0.15) is 0 Å². The number of para-hydroxylation sites is 2. The fraction of sp³-hybridized carbons (Fsp3) is 0.318. The molecule has 2 amide bonds. The average Bonchev–Trinajstić information content (AvgIpc) is 3.16. The van der Waals surface area contributed by atoms with E-state index in [1.54, 1.807) is 12.1 Å². The number of hydrogen-bond acceptors (Lipinski definition) is 5. The molecule has 1 heterocycles. The van der Waals surface area contributed by atoms with Gasteiger partial charge in [-0.3, -0.25) is 14.6 Å². The summed E-state index contributed by atoms with van der Waals surface area (Å²) in [5.74, 6) is 0.128. The zero-order valence-corrected chi connectivity index (χ0v) is 17.5. The second kappa shape index (κ2) is 8.36. The molecule has 30 heavy (non-hydrogen) atoms. The molecule has 1 saturated carbocycles. The van der Waals surface area contributed by atoms with Gasteiger partial charge in [-0.1, -0.05) is 23.7 Å². The number of ether oxygens (including phenoxy) is 2. The number of methoxy groups -OCH3 is 2. The van der Waals surface area contributed by atoms with Crippen LogP contribution in [0.15, 0.2) is 41.4 Å². The predicted molar refractivity (Wildman–Crippen MR) is 116 cm³/mol. The molecule has 156 valence electrons. The number of aliphatic imine (C=N–C) groups is 1. The number of fused-ring (bicyclic) bond motifs is 2. The highest BCUT2D eigenvalue weighted by Crippen LogP contribution is 2.38. The molecule has 4 rings (SSSR count). The Morgan fingerprint density at radius 2 is 2.00 bits per heavy atom. The minimum absolute atomic E-state index is 0.0916. The van der Waals surface area contributed by atoms with Crippen molar-refractivity contribution in [1.29, 1.82) is 0 Å². The van der Waals surface area contributed by atoms with Crippen molar-refractivity contribution in [3.05, 3.63) is 41.4 Å². The topological polar surface area (TPSA) is 80.2 Å². The van der Waals surface area contributed by atoms with E-state index in [2.05, 4.69) is 5.32 Å². The van der Waals surface area contributed by atoms with Crippen molar-refractivity contribution in [2.45, 2.75) is 19.3 Å². The third-order valence-electron chi connectivity index (χ3n) is 5.38. The van der Waals surface area contributed by atoms with E-state index in [-0.39, 0.29) is 24.3 Å². The molecule has 1 aliphatic heterocycles. The third-order valence-corrected chi connectivity index (χ3v) is 5.67. The van der Waals surface area contributed by atoms with Crippen LogP contribution in [0.1, 0.15) is 19.3 Å². The van der Waals surface area contributed by atoms with Crippen LogP contribution in [-0.2, 0) is 9.59 Å². The lowest BCUT2D eigenvalue weighted by molar-refractivity contribution is -0.123. The van der Waals surface area contributed by atoms with Gasteiger partial charge in [0.1, 0.15) is 18.0 Å². The second-order valence-electron chi connectivity index (χ2n) is 7.20. The highest BCUT2D eigenvalue weighted by Gasteiger charge is 2.37. The van der Waals surface area contributed by atoms with Gasteiger partial charge in [0, 0.05) is 11.8 Å². The Kier molecular flexibility index (Phi) is 5.63. The Hall–Kier alpha value is -3.06. The number of carbonyl (C=O) groups excluding carboxylic acids is 2. The van der Waals surface area contributed by atoms with E-state index in [1.165, 1.54) is 19.1 Å². The van der Waals surface area contributed by atoms with Crippen LogP contribution < -0.4 is 19.7 Å². The number of carbonyl (C=O) groups is 2. The molecule has 0 bridgehead atoms. The van der Waals surface area contributed by atoms with Crippen molar-refractivity contribution in [3.8, 4) is 11.5 Å². The maximum absolute atomic E-state index is 13.2. The molecule has 1 aliphatic carbocycles. The molecular weight excluding hydrogens is 406 g/mol. The van der Waals surface area contributed by atoms with Gasteiger partial charge >= 0.3 is 0 Å². The van der Waals surface area contributed by atoms with Gasteiger partial charge < -0.3 is 19.7 Å². The molecule has 1 atom stereocenters. The van der Waals surface area contributed by atoms with Crippen LogP contribution in [0.4, 0.5) is 17.1 Å². The largest absolute Gasteiger partial charge is 0.495 e. The molecule has 7 nitrogen and oxygen atoms in total. The zero-order valence-electron chi connectivity index (χ0n) is 16.8. The summed E-state index contributed by atoms with van der Waals surface area (Å²) < 4.78 is 10.5. The Morgan fingerprint density at radius 3 is 2.77 bits per heavy atom. The summed E-state index contributed by atoms with van der Waals surface area (Å²) in [6.07, 6.45) is 2.50. The normalized spacial score (nSPS) is 17.6. The fourth-order valence-corrected chi connectivity index (χ4v) is 4.17. The summed E-state index contributed by atoms with van der Waals surface area (Å²) >= 11 is 6.19. The minimum atomic E-state index is -0.362. The number of hydrogen-bond donors (Lipinski definition) is 1. The van der Waals surface area contributed by atoms with Crippen molar-refractivity contribution >= 4 is 46.2 Å². The summed E-state index contributed by atoms with van der Waals surface area (Å²) in [4.78, 5) is 32.4. The molecule has 2 aliphatic rings. The first-order chi connectivity index (χ1) is 14.5. The highest BCUT2D eigenvalue weighted by molar-refractivity contribution is 6.32. The van der Waals surface area contributed by atoms with E-state index in [1.807, 2.05) is 24.3 Å². The third kappa shape index (κ3) is 3.73. The number of anilines is 2. The molecular formula is C22H22ClN3O4. The van der Waals surface area contributed by atoms with Crippen LogP contribution in [0.25, 0.3) is 0 Å². The van der Waals surface area contributed by atoms with Crippen LogP contribution in [0.5, 0.6) is 11.5 Å².